The lowest BCUT2D eigenvalue weighted by atomic mass is 10.0. The van der Waals surface area contributed by atoms with Crippen LogP contribution in [0.2, 0.25) is 0 Å². The van der Waals surface area contributed by atoms with E-state index < -0.39 is 0 Å². The number of aromatic nitrogens is 1. The number of carbonyl (C=O) groups is 2. The highest BCUT2D eigenvalue weighted by atomic mass is 16.2. The van der Waals surface area contributed by atoms with Gasteiger partial charge in [-0.05, 0) is 37.0 Å². The first kappa shape index (κ1) is 17.9. The van der Waals surface area contributed by atoms with Crippen molar-refractivity contribution in [2.24, 2.45) is 0 Å². The first-order valence-corrected chi connectivity index (χ1v) is 9.00. The molecule has 0 spiro atoms. The SMILES string of the molecule is O=C(NCCc1ccccc1)NC1CCN(C(=O)c2ccncc2)CC1. The van der Waals surface area contributed by atoms with Gasteiger partial charge in [0.2, 0.25) is 0 Å². The number of pyridine rings is 1. The second-order valence-corrected chi connectivity index (χ2v) is 6.44. The zero-order chi connectivity index (χ0) is 18.2. The van der Waals surface area contributed by atoms with E-state index in [4.69, 9.17) is 0 Å². The van der Waals surface area contributed by atoms with Crippen LogP contribution in [0.25, 0.3) is 0 Å². The lowest BCUT2D eigenvalue weighted by Crippen LogP contribution is -2.49. The largest absolute Gasteiger partial charge is 0.338 e. The molecule has 0 bridgehead atoms. The lowest BCUT2D eigenvalue weighted by molar-refractivity contribution is 0.0708. The molecule has 0 radical (unpaired) electrons. The normalized spacial score (nSPS) is 14.7. The molecule has 26 heavy (non-hydrogen) atoms. The maximum absolute atomic E-state index is 12.4. The minimum absolute atomic E-state index is 0.0261. The Hall–Kier alpha value is -2.89. The molecule has 136 valence electrons. The maximum atomic E-state index is 12.4. The highest BCUT2D eigenvalue weighted by Crippen LogP contribution is 2.13. The van der Waals surface area contributed by atoms with Crippen LogP contribution in [0.15, 0.2) is 54.9 Å². The van der Waals surface area contributed by atoms with E-state index >= 15 is 0 Å². The zero-order valence-electron chi connectivity index (χ0n) is 14.7. The van der Waals surface area contributed by atoms with Crippen molar-refractivity contribution in [3.63, 3.8) is 0 Å². The van der Waals surface area contributed by atoms with E-state index in [1.165, 1.54) is 5.56 Å². The topological polar surface area (TPSA) is 74.3 Å². The summed E-state index contributed by atoms with van der Waals surface area (Å²) in [6.45, 7) is 1.90. The molecule has 3 amide bonds. The van der Waals surface area contributed by atoms with Gasteiger partial charge in [0, 0.05) is 43.6 Å². The minimum Gasteiger partial charge on any atom is -0.338 e. The molecule has 0 unspecified atom stereocenters. The fourth-order valence-electron chi connectivity index (χ4n) is 3.11. The average molecular weight is 352 g/mol. The molecule has 2 heterocycles. The third kappa shape index (κ3) is 5.05. The van der Waals surface area contributed by atoms with Gasteiger partial charge in [-0.2, -0.15) is 0 Å². The van der Waals surface area contributed by atoms with Crippen molar-refractivity contribution in [1.82, 2.24) is 20.5 Å². The Morgan fingerprint density at radius 2 is 1.73 bits per heavy atom. The van der Waals surface area contributed by atoms with Crippen LogP contribution < -0.4 is 10.6 Å². The van der Waals surface area contributed by atoms with Gasteiger partial charge in [-0.1, -0.05) is 30.3 Å². The second-order valence-electron chi connectivity index (χ2n) is 6.44. The molecule has 1 aromatic carbocycles. The Bertz CT molecular complexity index is 713. The van der Waals surface area contributed by atoms with E-state index in [9.17, 15) is 9.59 Å². The molecule has 2 N–H and O–H groups in total. The number of benzene rings is 1. The van der Waals surface area contributed by atoms with E-state index in [1.807, 2.05) is 23.1 Å². The third-order valence-electron chi connectivity index (χ3n) is 4.59. The van der Waals surface area contributed by atoms with Crippen molar-refractivity contribution in [3.8, 4) is 0 Å². The van der Waals surface area contributed by atoms with E-state index in [0.717, 1.165) is 19.3 Å². The van der Waals surface area contributed by atoms with Crippen molar-refractivity contribution in [2.45, 2.75) is 25.3 Å². The second kappa shape index (κ2) is 8.99. The van der Waals surface area contributed by atoms with Gasteiger partial charge in [-0.25, -0.2) is 4.79 Å². The molecule has 0 aliphatic carbocycles. The number of hydrogen-bond donors (Lipinski definition) is 2. The molecule has 1 aliphatic rings. The van der Waals surface area contributed by atoms with Crippen LogP contribution in [-0.2, 0) is 6.42 Å². The summed E-state index contributed by atoms with van der Waals surface area (Å²) in [6.07, 6.45) is 5.60. The van der Waals surface area contributed by atoms with Gasteiger partial charge in [-0.3, -0.25) is 9.78 Å². The predicted octanol–water partition coefficient (Wildman–Crippen LogP) is 2.23. The van der Waals surface area contributed by atoms with Crippen LogP contribution in [0.5, 0.6) is 0 Å². The van der Waals surface area contributed by atoms with Crippen LogP contribution in [0.1, 0.15) is 28.8 Å². The molecular formula is C20H24N4O2. The number of carbonyl (C=O) groups excluding carboxylic acids is 2. The first-order valence-electron chi connectivity index (χ1n) is 9.00. The van der Waals surface area contributed by atoms with E-state index in [1.54, 1.807) is 24.5 Å². The standard InChI is InChI=1S/C20H24N4O2/c25-19(17-7-11-21-12-8-17)24-14-9-18(10-15-24)23-20(26)22-13-6-16-4-2-1-3-5-16/h1-5,7-8,11-12,18H,6,9-10,13-15H2,(H2,22,23,26). The lowest BCUT2D eigenvalue weighted by Gasteiger charge is -2.32. The molecule has 1 aromatic heterocycles. The fourth-order valence-corrected chi connectivity index (χ4v) is 3.11. The summed E-state index contributed by atoms with van der Waals surface area (Å²) in [5, 5.41) is 5.91. The van der Waals surface area contributed by atoms with Crippen molar-refractivity contribution in [2.75, 3.05) is 19.6 Å². The van der Waals surface area contributed by atoms with Crippen LogP contribution >= 0.6 is 0 Å². The number of urea groups is 1. The molecule has 2 aromatic rings. The van der Waals surface area contributed by atoms with Crippen LogP contribution in [0.3, 0.4) is 0 Å². The number of nitrogens with zero attached hydrogens (tertiary/aromatic N) is 2. The highest BCUT2D eigenvalue weighted by Gasteiger charge is 2.24. The molecule has 6 heteroatoms. The summed E-state index contributed by atoms with van der Waals surface area (Å²) in [6, 6.07) is 13.5. The van der Waals surface area contributed by atoms with E-state index in [0.29, 0.717) is 25.2 Å². The number of amides is 3. The Balaban J connectivity index is 1.37. The maximum Gasteiger partial charge on any atom is 0.315 e. The number of piperidine rings is 1. The Kier molecular flexibility index (Phi) is 6.19. The van der Waals surface area contributed by atoms with Crippen LogP contribution in [0.4, 0.5) is 4.79 Å². The van der Waals surface area contributed by atoms with E-state index in [2.05, 4.69) is 27.8 Å². The summed E-state index contributed by atoms with van der Waals surface area (Å²) in [4.78, 5) is 30.2. The first-order chi connectivity index (χ1) is 12.7. The molecular weight excluding hydrogens is 328 g/mol. The molecule has 1 saturated heterocycles. The molecule has 0 saturated carbocycles. The highest BCUT2D eigenvalue weighted by molar-refractivity contribution is 5.94. The third-order valence-corrected chi connectivity index (χ3v) is 4.59. The summed E-state index contributed by atoms with van der Waals surface area (Å²) < 4.78 is 0. The summed E-state index contributed by atoms with van der Waals surface area (Å²) in [7, 11) is 0. The van der Waals surface area contributed by atoms with Crippen LogP contribution in [0, 0.1) is 0 Å². The van der Waals surface area contributed by atoms with Crippen molar-refractivity contribution >= 4 is 11.9 Å². The smallest absolute Gasteiger partial charge is 0.315 e. The van der Waals surface area contributed by atoms with Gasteiger partial charge in [0.05, 0.1) is 0 Å². The van der Waals surface area contributed by atoms with Gasteiger partial charge in [0.25, 0.3) is 5.91 Å². The van der Waals surface area contributed by atoms with Gasteiger partial charge >= 0.3 is 6.03 Å². The summed E-state index contributed by atoms with van der Waals surface area (Å²) in [5.41, 5.74) is 1.86. The van der Waals surface area contributed by atoms with Gasteiger partial charge in [-0.15, -0.1) is 0 Å². The number of rotatable bonds is 5. The Morgan fingerprint density at radius 1 is 1.04 bits per heavy atom. The molecule has 6 nitrogen and oxygen atoms in total. The van der Waals surface area contributed by atoms with Crippen molar-refractivity contribution in [1.29, 1.82) is 0 Å². The van der Waals surface area contributed by atoms with Crippen molar-refractivity contribution in [3.05, 3.63) is 66.0 Å². The Morgan fingerprint density at radius 3 is 2.42 bits per heavy atom. The minimum atomic E-state index is -0.139. The summed E-state index contributed by atoms with van der Waals surface area (Å²) in [5.74, 6) is 0.0261. The fraction of sp³-hybridized carbons (Fsp3) is 0.350. The quantitative estimate of drug-likeness (QED) is 0.867. The molecule has 1 fully saturated rings. The monoisotopic (exact) mass is 352 g/mol. The molecule has 1 aliphatic heterocycles. The predicted molar refractivity (Wildman–Crippen MR) is 99.8 cm³/mol. The average Bonchev–Trinajstić information content (AvgIpc) is 2.69. The Labute approximate surface area is 153 Å². The van der Waals surface area contributed by atoms with Gasteiger partial charge in [0.15, 0.2) is 0 Å². The van der Waals surface area contributed by atoms with Gasteiger partial charge < -0.3 is 15.5 Å². The number of likely N-dealkylation sites (tertiary alicyclic amines) is 1. The van der Waals surface area contributed by atoms with Crippen LogP contribution in [-0.4, -0.2) is 47.5 Å². The molecule has 3 rings (SSSR count). The van der Waals surface area contributed by atoms with Crippen molar-refractivity contribution < 1.29 is 9.59 Å². The number of nitrogens with one attached hydrogen (secondary N) is 2. The number of hydrogen-bond acceptors (Lipinski definition) is 3. The zero-order valence-corrected chi connectivity index (χ0v) is 14.7. The summed E-state index contributed by atoms with van der Waals surface area (Å²) >= 11 is 0. The van der Waals surface area contributed by atoms with E-state index in [-0.39, 0.29) is 18.0 Å². The van der Waals surface area contributed by atoms with Gasteiger partial charge in [0.1, 0.15) is 0 Å². The molecule has 0 atom stereocenters.